The second-order valence-corrected chi connectivity index (χ2v) is 11.3. The zero-order valence-electron chi connectivity index (χ0n) is 12.1. The molecule has 0 aliphatic carbocycles. The second kappa shape index (κ2) is 6.05. The summed E-state index contributed by atoms with van der Waals surface area (Å²) in [4.78, 5) is 0. The summed E-state index contributed by atoms with van der Waals surface area (Å²) in [5.41, 5.74) is 2.63. The van der Waals surface area contributed by atoms with Gasteiger partial charge in [0, 0.05) is 0 Å². The smallest absolute Gasteiger partial charge is 0.136 e. The first-order valence-corrected chi connectivity index (χ1v) is 8.70. The summed E-state index contributed by atoms with van der Waals surface area (Å²) in [5.74, 6) is 0. The van der Waals surface area contributed by atoms with Gasteiger partial charge >= 0.3 is 0 Å². The Morgan fingerprint density at radius 3 is 1.33 bits per heavy atom. The minimum atomic E-state index is -1.32. The largest absolute Gasteiger partial charge is 0.328 e. The Hall–Kier alpha value is 0.177. The number of hydrogen-bond donors (Lipinski definition) is 0. The van der Waals surface area contributed by atoms with E-state index < -0.39 is 8.24 Å². The van der Waals surface area contributed by atoms with Crippen molar-refractivity contribution in [1.82, 2.24) is 4.57 Å². The van der Waals surface area contributed by atoms with Crippen LogP contribution in [0.15, 0.2) is 0 Å². The molecule has 0 saturated carbocycles. The zero-order chi connectivity index (χ0) is 12.2. The van der Waals surface area contributed by atoms with Crippen LogP contribution in [0.25, 0.3) is 0 Å². The Bertz CT molecular complexity index is 157. The number of rotatable bonds is 6. The van der Waals surface area contributed by atoms with Crippen LogP contribution in [0.1, 0.15) is 54.4 Å². The summed E-state index contributed by atoms with van der Waals surface area (Å²) < 4.78 is 2.61. The van der Waals surface area contributed by atoms with Crippen LogP contribution in [0.3, 0.4) is 0 Å². The summed E-state index contributed by atoms with van der Waals surface area (Å²) in [5, 5.41) is 0. The van der Waals surface area contributed by atoms with Crippen molar-refractivity contribution in [1.29, 1.82) is 0 Å². The Balaban J connectivity index is 5.26. The van der Waals surface area contributed by atoms with E-state index in [1.165, 1.54) is 12.8 Å². The molecular formula is C13H31NSi. The molecule has 0 rings (SSSR count). The molecule has 0 saturated heterocycles. The van der Waals surface area contributed by atoms with Gasteiger partial charge in [0.15, 0.2) is 0 Å². The molecule has 0 fully saturated rings. The fourth-order valence-corrected chi connectivity index (χ4v) is 11.0. The minimum Gasteiger partial charge on any atom is -0.328 e. The average molecular weight is 229 g/mol. The fourth-order valence-electron chi connectivity index (χ4n) is 3.68. The van der Waals surface area contributed by atoms with Gasteiger partial charge in [-0.25, -0.2) is 0 Å². The monoisotopic (exact) mass is 229 g/mol. The van der Waals surface area contributed by atoms with Gasteiger partial charge in [-0.15, -0.1) is 0 Å². The maximum absolute atomic E-state index is 2.61. The normalized spacial score (nSPS) is 20.4. The van der Waals surface area contributed by atoms with Crippen molar-refractivity contribution in [2.45, 2.75) is 71.0 Å². The predicted molar refractivity (Wildman–Crippen MR) is 74.0 cm³/mol. The molecule has 0 bridgehead atoms. The van der Waals surface area contributed by atoms with Gasteiger partial charge in [0.2, 0.25) is 0 Å². The molecule has 0 aromatic rings. The highest BCUT2D eigenvalue weighted by Gasteiger charge is 2.47. The quantitative estimate of drug-likeness (QED) is 0.606. The van der Waals surface area contributed by atoms with E-state index in [0.29, 0.717) is 0 Å². The molecule has 2 atom stereocenters. The lowest BCUT2D eigenvalue weighted by atomic mass is 10.3. The van der Waals surface area contributed by atoms with Gasteiger partial charge in [0.05, 0.1) is 0 Å². The highest BCUT2D eigenvalue weighted by Crippen LogP contribution is 2.45. The molecule has 92 valence electrons. The van der Waals surface area contributed by atoms with E-state index in [-0.39, 0.29) is 0 Å². The van der Waals surface area contributed by atoms with Crippen LogP contribution in [0.5, 0.6) is 0 Å². The van der Waals surface area contributed by atoms with Crippen molar-refractivity contribution in [2.24, 2.45) is 0 Å². The number of nitrogens with zero attached hydrogens (tertiary/aromatic N) is 1. The Kier molecular flexibility index (Phi) is 6.12. The molecule has 0 aliphatic heterocycles. The molecule has 2 unspecified atom stereocenters. The van der Waals surface area contributed by atoms with E-state index in [0.717, 1.165) is 16.6 Å². The lowest BCUT2D eigenvalue weighted by Gasteiger charge is -2.49. The molecular weight excluding hydrogens is 198 g/mol. The van der Waals surface area contributed by atoms with Crippen molar-refractivity contribution in [3.05, 3.63) is 0 Å². The van der Waals surface area contributed by atoms with E-state index in [1.54, 1.807) is 0 Å². The van der Waals surface area contributed by atoms with E-state index >= 15 is 0 Å². The predicted octanol–water partition coefficient (Wildman–Crippen LogP) is 4.50. The molecule has 0 spiro atoms. The summed E-state index contributed by atoms with van der Waals surface area (Å²) in [6.07, 6.45) is 2.65. The van der Waals surface area contributed by atoms with Crippen LogP contribution in [-0.4, -0.2) is 26.9 Å². The van der Waals surface area contributed by atoms with Crippen molar-refractivity contribution in [3.63, 3.8) is 0 Å². The van der Waals surface area contributed by atoms with E-state index in [2.05, 4.69) is 60.2 Å². The van der Waals surface area contributed by atoms with Crippen LogP contribution in [0.4, 0.5) is 0 Å². The first kappa shape index (κ1) is 15.2. The van der Waals surface area contributed by atoms with Gasteiger partial charge in [0.25, 0.3) is 0 Å². The third kappa shape index (κ3) is 2.65. The van der Waals surface area contributed by atoms with Crippen molar-refractivity contribution < 1.29 is 0 Å². The van der Waals surface area contributed by atoms with Crippen molar-refractivity contribution in [3.8, 4) is 0 Å². The molecule has 0 amide bonds. The maximum Gasteiger partial charge on any atom is 0.136 e. The first-order chi connectivity index (χ1) is 6.85. The molecule has 15 heavy (non-hydrogen) atoms. The van der Waals surface area contributed by atoms with Gasteiger partial charge in [-0.3, -0.25) is 0 Å². The molecule has 0 heterocycles. The van der Waals surface area contributed by atoms with Crippen LogP contribution in [0, 0.1) is 0 Å². The van der Waals surface area contributed by atoms with Crippen LogP contribution < -0.4 is 0 Å². The molecule has 1 nitrogen and oxygen atoms in total. The minimum absolute atomic E-state index is 0.845. The topological polar surface area (TPSA) is 3.24 Å². The van der Waals surface area contributed by atoms with Crippen LogP contribution >= 0.6 is 0 Å². The van der Waals surface area contributed by atoms with Gasteiger partial charge in [-0.05, 0) is 30.7 Å². The Labute approximate surface area is 98.3 Å². The Morgan fingerprint density at radius 2 is 1.20 bits per heavy atom. The van der Waals surface area contributed by atoms with E-state index in [4.69, 9.17) is 0 Å². The standard InChI is InChI=1S/C13H31NSi/c1-9-12(5)15(11(3)4,14(7)8)13(6)10-2/h11-13H,9-10H2,1-8H3. The van der Waals surface area contributed by atoms with Gasteiger partial charge in [-0.1, -0.05) is 54.4 Å². The van der Waals surface area contributed by atoms with Crippen molar-refractivity contribution in [2.75, 3.05) is 14.1 Å². The van der Waals surface area contributed by atoms with E-state index in [9.17, 15) is 0 Å². The summed E-state index contributed by atoms with van der Waals surface area (Å²) >= 11 is 0. The fraction of sp³-hybridized carbons (Fsp3) is 1.00. The lowest BCUT2D eigenvalue weighted by Crippen LogP contribution is -2.57. The highest BCUT2D eigenvalue weighted by atomic mass is 28.3. The van der Waals surface area contributed by atoms with Gasteiger partial charge in [0.1, 0.15) is 8.24 Å². The zero-order valence-corrected chi connectivity index (χ0v) is 13.1. The van der Waals surface area contributed by atoms with Crippen LogP contribution in [-0.2, 0) is 0 Å². The third-order valence-corrected chi connectivity index (χ3v) is 11.9. The Morgan fingerprint density at radius 1 is 0.867 bits per heavy atom. The molecule has 0 N–H and O–H groups in total. The second-order valence-electron chi connectivity index (χ2n) is 5.56. The van der Waals surface area contributed by atoms with Gasteiger partial charge < -0.3 is 4.57 Å². The highest BCUT2D eigenvalue weighted by molar-refractivity contribution is 6.81. The maximum atomic E-state index is 2.61. The van der Waals surface area contributed by atoms with E-state index in [1.807, 2.05) is 0 Å². The molecule has 0 aromatic heterocycles. The SMILES string of the molecule is CCC(C)[Si](C(C)C)(C(C)CC)N(C)C. The number of hydrogen-bond acceptors (Lipinski definition) is 1. The molecule has 0 aliphatic rings. The summed E-state index contributed by atoms with van der Waals surface area (Å²) in [7, 11) is 3.30. The summed E-state index contributed by atoms with van der Waals surface area (Å²) in [6.45, 7) is 14.5. The van der Waals surface area contributed by atoms with Crippen LogP contribution in [0.2, 0.25) is 16.6 Å². The average Bonchev–Trinajstić information content (AvgIpc) is 2.16. The first-order valence-electron chi connectivity index (χ1n) is 6.52. The lowest BCUT2D eigenvalue weighted by molar-refractivity contribution is 0.521. The molecule has 2 heteroatoms. The third-order valence-electron chi connectivity index (χ3n) is 4.50. The van der Waals surface area contributed by atoms with Crippen molar-refractivity contribution >= 4 is 8.24 Å². The van der Waals surface area contributed by atoms with Gasteiger partial charge in [-0.2, -0.15) is 0 Å². The summed E-state index contributed by atoms with van der Waals surface area (Å²) in [6, 6.07) is 0. The molecule has 0 aromatic carbocycles. The molecule has 0 radical (unpaired) electrons.